The van der Waals surface area contributed by atoms with Crippen LogP contribution < -0.4 is 20.1 Å². The summed E-state index contributed by atoms with van der Waals surface area (Å²) in [4.78, 5) is 36.3. The van der Waals surface area contributed by atoms with Crippen molar-refractivity contribution in [1.29, 1.82) is 5.41 Å². The fraction of sp³-hybridized carbons (Fsp3) is 0.308. The average molecular weight is 498 g/mol. The lowest BCUT2D eigenvalue weighted by Gasteiger charge is -2.30. The molecule has 3 amide bonds. The highest BCUT2D eigenvalue weighted by molar-refractivity contribution is 6.11. The van der Waals surface area contributed by atoms with Gasteiger partial charge in [0.1, 0.15) is 23.0 Å². The molecule has 36 heavy (non-hydrogen) atoms. The van der Waals surface area contributed by atoms with Crippen molar-refractivity contribution in [3.8, 4) is 17.2 Å². The second kappa shape index (κ2) is 13.6. The molecule has 0 aliphatic heterocycles. The zero-order valence-electron chi connectivity index (χ0n) is 20.8. The lowest BCUT2D eigenvalue weighted by Crippen LogP contribution is -2.60. The van der Waals surface area contributed by atoms with E-state index in [1.807, 2.05) is 31.3 Å². The number of likely N-dealkylation sites (N-methyl/N-ethyl adjacent to an activating group) is 1. The average Bonchev–Trinajstić information content (AvgIpc) is 2.88. The largest absolute Gasteiger partial charge is 0.467 e. The number of rotatable bonds is 14. The Bertz CT molecular complexity index is 1080. The minimum atomic E-state index is -2.01. The van der Waals surface area contributed by atoms with Gasteiger partial charge in [0.2, 0.25) is 6.41 Å². The molecule has 10 heteroatoms. The van der Waals surface area contributed by atoms with E-state index in [0.29, 0.717) is 23.9 Å². The Labute approximate surface area is 210 Å². The van der Waals surface area contributed by atoms with Gasteiger partial charge in [-0.3, -0.25) is 25.1 Å². The van der Waals surface area contributed by atoms with Crippen molar-refractivity contribution < 1.29 is 33.3 Å². The number of imide groups is 1. The van der Waals surface area contributed by atoms with E-state index < -0.39 is 17.4 Å². The highest BCUT2D eigenvalue weighted by Crippen LogP contribution is 2.29. The van der Waals surface area contributed by atoms with E-state index in [9.17, 15) is 14.4 Å². The van der Waals surface area contributed by atoms with Crippen LogP contribution in [0.2, 0.25) is 0 Å². The number of amides is 3. The molecular weight excluding hydrogens is 466 g/mol. The molecule has 0 saturated carbocycles. The van der Waals surface area contributed by atoms with Crippen molar-refractivity contribution in [2.24, 2.45) is 0 Å². The second-order valence-corrected chi connectivity index (χ2v) is 7.71. The van der Waals surface area contributed by atoms with E-state index in [4.69, 9.17) is 24.4 Å². The number of hydrogen-bond acceptors (Lipinski definition) is 8. The van der Waals surface area contributed by atoms with Crippen LogP contribution in [0.25, 0.3) is 5.76 Å². The van der Waals surface area contributed by atoms with Gasteiger partial charge in [0.15, 0.2) is 6.40 Å². The molecule has 0 bridgehead atoms. The first-order valence-corrected chi connectivity index (χ1v) is 11.3. The Morgan fingerprint density at radius 1 is 0.972 bits per heavy atom. The summed E-state index contributed by atoms with van der Waals surface area (Å²) in [6.45, 7) is 6.02. The lowest BCUT2D eigenvalue weighted by molar-refractivity contribution is -0.152. The third kappa shape index (κ3) is 7.16. The zero-order chi connectivity index (χ0) is 26.6. The zero-order valence-corrected chi connectivity index (χ0v) is 20.8. The monoisotopic (exact) mass is 497 g/mol. The molecule has 0 fully saturated rings. The first-order chi connectivity index (χ1) is 17.3. The highest BCUT2D eigenvalue weighted by atomic mass is 16.5. The first kappa shape index (κ1) is 28.1. The van der Waals surface area contributed by atoms with Crippen LogP contribution >= 0.6 is 0 Å². The van der Waals surface area contributed by atoms with Gasteiger partial charge in [0, 0.05) is 25.6 Å². The second-order valence-electron chi connectivity index (χ2n) is 7.71. The van der Waals surface area contributed by atoms with Crippen LogP contribution in [-0.2, 0) is 23.9 Å². The molecule has 1 unspecified atom stereocenters. The summed E-state index contributed by atoms with van der Waals surface area (Å²) in [5.74, 6) is 0.253. The topological polar surface area (TPSA) is 136 Å². The summed E-state index contributed by atoms with van der Waals surface area (Å²) in [5.41, 5.74) is -0.274. The minimum Gasteiger partial charge on any atom is -0.467 e. The Hall–Kier alpha value is -4.18. The van der Waals surface area contributed by atoms with Crippen molar-refractivity contribution in [2.45, 2.75) is 32.8 Å². The normalized spacial score (nSPS) is 11.9. The van der Waals surface area contributed by atoms with Crippen LogP contribution in [0, 0.1) is 5.41 Å². The van der Waals surface area contributed by atoms with Gasteiger partial charge >= 0.3 is 0 Å². The molecule has 1 atom stereocenters. The Morgan fingerprint density at radius 2 is 1.56 bits per heavy atom. The summed E-state index contributed by atoms with van der Waals surface area (Å²) in [5, 5.41) is 11.6. The lowest BCUT2D eigenvalue weighted by atomic mass is 9.97. The maximum Gasteiger partial charge on any atom is 0.280 e. The molecule has 0 aliphatic carbocycles. The predicted octanol–water partition coefficient (Wildman–Crippen LogP) is 3.42. The van der Waals surface area contributed by atoms with Gasteiger partial charge in [-0.25, -0.2) is 0 Å². The SMILES string of the molecule is CCOCCC(Oc1ccc(Oc2ccc(C(OC=N)=C(C)C)cc2)cc1)(C(=O)NC)C(=O)NC=O. The molecule has 0 spiro atoms. The van der Waals surface area contributed by atoms with Crippen molar-refractivity contribution in [1.82, 2.24) is 10.6 Å². The molecule has 0 radical (unpaired) electrons. The van der Waals surface area contributed by atoms with Gasteiger partial charge in [-0.15, -0.1) is 0 Å². The van der Waals surface area contributed by atoms with E-state index in [1.54, 1.807) is 43.3 Å². The number of carbonyl (C=O) groups is 3. The van der Waals surface area contributed by atoms with Crippen molar-refractivity contribution >= 4 is 30.4 Å². The fourth-order valence-corrected chi connectivity index (χ4v) is 3.33. The van der Waals surface area contributed by atoms with Gasteiger partial charge < -0.3 is 24.3 Å². The fourth-order valence-electron chi connectivity index (χ4n) is 3.33. The molecule has 3 N–H and O–H groups in total. The summed E-state index contributed by atoms with van der Waals surface area (Å²) in [6.07, 6.45) is 0.971. The summed E-state index contributed by atoms with van der Waals surface area (Å²) in [6, 6.07) is 13.5. The van der Waals surface area contributed by atoms with Crippen molar-refractivity contribution in [2.75, 3.05) is 20.3 Å². The smallest absolute Gasteiger partial charge is 0.280 e. The molecule has 0 saturated heterocycles. The van der Waals surface area contributed by atoms with E-state index in [0.717, 1.165) is 17.5 Å². The maximum atomic E-state index is 12.7. The molecule has 2 rings (SSSR count). The number of benzene rings is 2. The van der Waals surface area contributed by atoms with Crippen LogP contribution in [0.5, 0.6) is 17.2 Å². The Balaban J connectivity index is 2.22. The molecule has 0 aromatic heterocycles. The van der Waals surface area contributed by atoms with Crippen LogP contribution in [0.1, 0.15) is 32.8 Å². The predicted molar refractivity (Wildman–Crippen MR) is 134 cm³/mol. The standard InChI is InChI=1S/C26H31N3O7/c1-5-33-15-14-26(24(31)28-4,25(32)29-17-30)36-22-12-10-21(11-13-22)35-20-8-6-19(7-9-20)23(18(2)3)34-16-27/h6-13,16-17,27H,5,14-15H2,1-4H3,(H,28,31)(H,29,30,32). The summed E-state index contributed by atoms with van der Waals surface area (Å²) in [7, 11) is 1.37. The number of carbonyl (C=O) groups excluding carboxylic acids is 3. The van der Waals surface area contributed by atoms with E-state index in [-0.39, 0.29) is 25.2 Å². The van der Waals surface area contributed by atoms with Gasteiger partial charge in [0.25, 0.3) is 17.4 Å². The molecular formula is C26H31N3O7. The first-order valence-electron chi connectivity index (χ1n) is 11.3. The minimum absolute atomic E-state index is 0.0622. The van der Waals surface area contributed by atoms with Crippen LogP contribution in [-0.4, -0.2) is 50.5 Å². The summed E-state index contributed by atoms with van der Waals surface area (Å²) < 4.78 is 22.3. The van der Waals surface area contributed by atoms with Crippen LogP contribution in [0.15, 0.2) is 54.1 Å². The number of nitrogens with one attached hydrogen (secondary N) is 3. The van der Waals surface area contributed by atoms with E-state index in [2.05, 4.69) is 5.32 Å². The Morgan fingerprint density at radius 3 is 2.06 bits per heavy atom. The van der Waals surface area contributed by atoms with E-state index >= 15 is 0 Å². The third-order valence-corrected chi connectivity index (χ3v) is 5.05. The highest BCUT2D eigenvalue weighted by Gasteiger charge is 2.48. The molecule has 10 nitrogen and oxygen atoms in total. The van der Waals surface area contributed by atoms with Crippen molar-refractivity contribution in [3.63, 3.8) is 0 Å². The molecule has 192 valence electrons. The van der Waals surface area contributed by atoms with Crippen LogP contribution in [0.4, 0.5) is 0 Å². The molecule has 0 aliphatic rings. The van der Waals surface area contributed by atoms with Gasteiger partial charge in [0.05, 0.1) is 6.61 Å². The van der Waals surface area contributed by atoms with Gasteiger partial charge in [-0.05, 0) is 74.9 Å². The molecule has 2 aromatic carbocycles. The molecule has 2 aromatic rings. The van der Waals surface area contributed by atoms with Gasteiger partial charge in [-0.1, -0.05) is 0 Å². The van der Waals surface area contributed by atoms with Crippen molar-refractivity contribution in [3.05, 3.63) is 59.7 Å². The van der Waals surface area contributed by atoms with Gasteiger partial charge in [-0.2, -0.15) is 0 Å². The van der Waals surface area contributed by atoms with Crippen LogP contribution in [0.3, 0.4) is 0 Å². The molecule has 0 heterocycles. The summed E-state index contributed by atoms with van der Waals surface area (Å²) >= 11 is 0. The van der Waals surface area contributed by atoms with E-state index in [1.165, 1.54) is 7.05 Å². The quantitative estimate of drug-likeness (QED) is 0.0909. The Kier molecular flexibility index (Phi) is 10.6. The third-order valence-electron chi connectivity index (χ3n) is 5.05. The maximum absolute atomic E-state index is 12.7. The number of ether oxygens (including phenoxy) is 4. The number of allylic oxidation sites excluding steroid dienone is 1. The number of hydrogen-bond donors (Lipinski definition) is 3.